The lowest BCUT2D eigenvalue weighted by atomic mass is 10.1. The van der Waals surface area contributed by atoms with Crippen LogP contribution < -0.4 is 10.3 Å². The summed E-state index contributed by atoms with van der Waals surface area (Å²) in [5, 5.41) is 0.878. The molecule has 0 aliphatic rings. The van der Waals surface area contributed by atoms with Gasteiger partial charge in [-0.05, 0) is 36.6 Å². The molecule has 4 aromatic rings. The summed E-state index contributed by atoms with van der Waals surface area (Å²) in [5.41, 5.74) is 2.30. The van der Waals surface area contributed by atoms with Gasteiger partial charge in [0.2, 0.25) is 0 Å². The molecule has 0 spiro atoms. The summed E-state index contributed by atoms with van der Waals surface area (Å²) in [7, 11) is 0. The molecule has 162 valence electrons. The van der Waals surface area contributed by atoms with Crippen LogP contribution in [-0.4, -0.2) is 20.3 Å². The Kier molecular flexibility index (Phi) is 6.78. The first-order chi connectivity index (χ1) is 15.5. The number of benzene rings is 1. The quantitative estimate of drug-likeness (QED) is 0.269. The Labute approximate surface area is 194 Å². The van der Waals surface area contributed by atoms with Crippen molar-refractivity contribution in [2.75, 3.05) is 0 Å². The van der Waals surface area contributed by atoms with Gasteiger partial charge in [-0.3, -0.25) is 14.2 Å². The first-order valence-corrected chi connectivity index (χ1v) is 11.2. The molecular weight excluding hydrogens is 446 g/mol. The van der Waals surface area contributed by atoms with Crippen molar-refractivity contribution in [3.05, 3.63) is 104 Å². The number of rotatable bonds is 8. The molecule has 0 radical (unpaired) electrons. The summed E-state index contributed by atoms with van der Waals surface area (Å²) in [6, 6.07) is 16.4. The fourth-order valence-electron chi connectivity index (χ4n) is 3.12. The van der Waals surface area contributed by atoms with E-state index in [2.05, 4.69) is 9.97 Å². The smallest absolute Gasteiger partial charge is 0.260 e. The third-order valence-electron chi connectivity index (χ3n) is 4.81. The summed E-state index contributed by atoms with van der Waals surface area (Å²) in [6.07, 6.45) is 4.17. The maximum absolute atomic E-state index is 12.7. The van der Waals surface area contributed by atoms with Crippen LogP contribution in [0.1, 0.15) is 32.9 Å². The number of Topliss-reactive ketones (excluding diaryl/α,β-unsaturated/α-hetero) is 1. The van der Waals surface area contributed by atoms with Gasteiger partial charge in [-0.2, -0.15) is 0 Å². The van der Waals surface area contributed by atoms with Gasteiger partial charge in [0.1, 0.15) is 17.5 Å². The van der Waals surface area contributed by atoms with Gasteiger partial charge in [-0.1, -0.05) is 59.3 Å². The Morgan fingerprint density at radius 2 is 1.94 bits per heavy atom. The summed E-state index contributed by atoms with van der Waals surface area (Å²) >= 11 is 7.01. The number of nitrogens with zero attached hydrogens (tertiary/aromatic N) is 3. The zero-order valence-corrected chi connectivity index (χ0v) is 18.9. The SMILES string of the molecule is Cc1nc(-n2ccc(OCc3ccccc3)cc2=O)sc1C(=O)CCc1ccc(Cl)nc1. The highest BCUT2D eigenvalue weighted by molar-refractivity contribution is 7.16. The molecule has 4 rings (SSSR count). The molecular formula is C24H20ClN3O3S. The van der Waals surface area contributed by atoms with Crippen molar-refractivity contribution in [3.63, 3.8) is 0 Å². The van der Waals surface area contributed by atoms with E-state index in [4.69, 9.17) is 16.3 Å². The third kappa shape index (κ3) is 5.30. The minimum atomic E-state index is -0.268. The van der Waals surface area contributed by atoms with Crippen molar-refractivity contribution in [3.8, 4) is 10.9 Å². The minimum absolute atomic E-state index is 0.0166. The molecule has 32 heavy (non-hydrogen) atoms. The number of aromatic nitrogens is 3. The molecule has 1 aromatic carbocycles. The lowest BCUT2D eigenvalue weighted by Crippen LogP contribution is -2.16. The van der Waals surface area contributed by atoms with Gasteiger partial charge in [-0.15, -0.1) is 0 Å². The fourth-order valence-corrected chi connectivity index (χ4v) is 4.25. The average molecular weight is 466 g/mol. The van der Waals surface area contributed by atoms with E-state index in [0.717, 1.165) is 11.1 Å². The van der Waals surface area contributed by atoms with Crippen LogP contribution in [0.25, 0.3) is 5.13 Å². The van der Waals surface area contributed by atoms with Crippen molar-refractivity contribution in [1.29, 1.82) is 0 Å². The van der Waals surface area contributed by atoms with Crippen molar-refractivity contribution in [2.45, 2.75) is 26.4 Å². The van der Waals surface area contributed by atoms with Crippen LogP contribution in [0, 0.1) is 6.92 Å². The van der Waals surface area contributed by atoms with E-state index in [-0.39, 0.29) is 11.3 Å². The van der Waals surface area contributed by atoms with Gasteiger partial charge in [0.15, 0.2) is 10.9 Å². The zero-order valence-electron chi connectivity index (χ0n) is 17.3. The van der Waals surface area contributed by atoms with Crippen molar-refractivity contribution >= 4 is 28.7 Å². The molecule has 0 bridgehead atoms. The number of halogens is 1. The maximum atomic E-state index is 12.7. The predicted molar refractivity (Wildman–Crippen MR) is 125 cm³/mol. The van der Waals surface area contributed by atoms with Gasteiger partial charge in [0.25, 0.3) is 5.56 Å². The van der Waals surface area contributed by atoms with Crippen LogP contribution in [0.5, 0.6) is 5.75 Å². The summed E-state index contributed by atoms with van der Waals surface area (Å²) < 4.78 is 7.14. The Morgan fingerprint density at radius 1 is 1.12 bits per heavy atom. The second-order valence-electron chi connectivity index (χ2n) is 7.17. The predicted octanol–water partition coefficient (Wildman–Crippen LogP) is 5.05. The van der Waals surface area contributed by atoms with E-state index in [0.29, 0.717) is 46.1 Å². The standard InChI is InChI=1S/C24H20ClN3O3S/c1-16-23(20(29)9-7-17-8-10-21(25)26-14-17)32-24(27-16)28-12-11-19(13-22(28)30)31-15-18-5-3-2-4-6-18/h2-6,8,10-14H,7,9,15H2,1H3. The molecule has 3 aromatic heterocycles. The molecule has 0 atom stereocenters. The van der Waals surface area contributed by atoms with Crippen molar-refractivity contribution in [2.24, 2.45) is 0 Å². The Balaban J connectivity index is 1.44. The number of ketones is 1. The Hall–Kier alpha value is -3.29. The molecule has 0 aliphatic heterocycles. The van der Waals surface area contributed by atoms with E-state index in [1.54, 1.807) is 31.5 Å². The number of hydrogen-bond donors (Lipinski definition) is 0. The van der Waals surface area contributed by atoms with E-state index in [1.807, 2.05) is 36.4 Å². The maximum Gasteiger partial charge on any atom is 0.260 e. The highest BCUT2D eigenvalue weighted by Gasteiger charge is 2.17. The first kappa shape index (κ1) is 21.9. The summed E-state index contributed by atoms with van der Waals surface area (Å²) in [6.45, 7) is 2.15. The topological polar surface area (TPSA) is 74.1 Å². The molecule has 0 N–H and O–H groups in total. The second-order valence-corrected chi connectivity index (χ2v) is 8.53. The lowest BCUT2D eigenvalue weighted by Gasteiger charge is -2.07. The number of hydrogen-bond acceptors (Lipinski definition) is 6. The molecule has 8 heteroatoms. The van der Waals surface area contributed by atoms with E-state index in [1.165, 1.54) is 22.0 Å². The van der Waals surface area contributed by atoms with Gasteiger partial charge < -0.3 is 4.74 Å². The number of ether oxygens (including phenoxy) is 1. The highest BCUT2D eigenvalue weighted by atomic mass is 35.5. The largest absolute Gasteiger partial charge is 0.489 e. The van der Waals surface area contributed by atoms with Crippen molar-refractivity contribution < 1.29 is 9.53 Å². The normalized spacial score (nSPS) is 10.8. The molecule has 0 amide bonds. The monoisotopic (exact) mass is 465 g/mol. The van der Waals surface area contributed by atoms with E-state index >= 15 is 0 Å². The molecule has 3 heterocycles. The first-order valence-electron chi connectivity index (χ1n) is 10.0. The van der Waals surface area contributed by atoms with Gasteiger partial charge in [-0.25, -0.2) is 9.97 Å². The van der Waals surface area contributed by atoms with Crippen LogP contribution in [0.4, 0.5) is 0 Å². The summed E-state index contributed by atoms with van der Waals surface area (Å²) in [5.74, 6) is 0.466. The third-order valence-corrected chi connectivity index (χ3v) is 6.23. The van der Waals surface area contributed by atoms with E-state index < -0.39 is 0 Å². The molecule has 0 unspecified atom stereocenters. The lowest BCUT2D eigenvalue weighted by molar-refractivity contribution is 0.0986. The average Bonchev–Trinajstić information content (AvgIpc) is 3.19. The van der Waals surface area contributed by atoms with Crippen LogP contribution in [0.15, 0.2) is 71.8 Å². The molecule has 6 nitrogen and oxygen atoms in total. The number of carbonyl (C=O) groups excluding carboxylic acids is 1. The number of thiazole rings is 1. The number of carbonyl (C=O) groups is 1. The molecule has 0 fully saturated rings. The minimum Gasteiger partial charge on any atom is -0.489 e. The Bertz CT molecular complexity index is 1280. The zero-order chi connectivity index (χ0) is 22.5. The highest BCUT2D eigenvalue weighted by Crippen LogP contribution is 2.23. The molecule has 0 aliphatic carbocycles. The van der Waals surface area contributed by atoms with E-state index in [9.17, 15) is 9.59 Å². The molecule has 0 saturated heterocycles. The second kappa shape index (κ2) is 9.89. The van der Waals surface area contributed by atoms with Gasteiger partial charge in [0, 0.05) is 24.9 Å². The Morgan fingerprint density at radius 3 is 2.66 bits per heavy atom. The van der Waals surface area contributed by atoms with Crippen LogP contribution in [-0.2, 0) is 13.0 Å². The number of aryl methyl sites for hydroxylation is 2. The van der Waals surface area contributed by atoms with Crippen LogP contribution >= 0.6 is 22.9 Å². The van der Waals surface area contributed by atoms with Gasteiger partial charge in [0.05, 0.1) is 10.6 Å². The summed E-state index contributed by atoms with van der Waals surface area (Å²) in [4.78, 5) is 34.4. The van der Waals surface area contributed by atoms with Crippen LogP contribution in [0.3, 0.4) is 0 Å². The van der Waals surface area contributed by atoms with Crippen LogP contribution in [0.2, 0.25) is 5.15 Å². The number of pyridine rings is 2. The van der Waals surface area contributed by atoms with Crippen molar-refractivity contribution in [1.82, 2.24) is 14.5 Å². The van der Waals surface area contributed by atoms with Gasteiger partial charge >= 0.3 is 0 Å². The fraction of sp³-hybridized carbons (Fsp3) is 0.167. The molecule has 0 saturated carbocycles.